The number of primary amides is 1. The van der Waals surface area contributed by atoms with Gasteiger partial charge in [-0.1, -0.05) is 0 Å². The van der Waals surface area contributed by atoms with Crippen LogP contribution in [-0.2, 0) is 28.8 Å². The molecule has 15 nitrogen and oxygen atoms in total. The fourth-order valence-electron chi connectivity index (χ4n) is 2.08. The fourth-order valence-corrected chi connectivity index (χ4v) is 2.08. The predicted octanol–water partition coefficient (Wildman–Crippen LogP) is -5.42. The topological polar surface area (TPSA) is 271 Å². The first-order valence-corrected chi connectivity index (χ1v) is 8.48. The predicted molar refractivity (Wildman–Crippen MR) is 96.2 cm³/mol. The van der Waals surface area contributed by atoms with Crippen LogP contribution in [0.1, 0.15) is 19.8 Å². The van der Waals surface area contributed by atoms with Gasteiger partial charge in [0, 0.05) is 0 Å². The number of rotatable bonds is 13. The smallest absolute Gasteiger partial charge is 0.326 e. The zero-order chi connectivity index (χ0) is 23.6. The number of nitrogens with two attached hydrogens (primary N) is 2. The van der Waals surface area contributed by atoms with Crippen molar-refractivity contribution in [1.29, 1.82) is 0 Å². The second-order valence-electron chi connectivity index (χ2n) is 6.24. The van der Waals surface area contributed by atoms with Gasteiger partial charge in [0.1, 0.15) is 18.1 Å². The fraction of sp³-hybridized carbons (Fsp3) is 0.600. The van der Waals surface area contributed by atoms with Crippen LogP contribution in [-0.4, -0.2) is 92.9 Å². The molecule has 0 aliphatic carbocycles. The molecule has 0 aromatic heterocycles. The lowest BCUT2D eigenvalue weighted by Gasteiger charge is -2.25. The third-order valence-corrected chi connectivity index (χ3v) is 3.63. The van der Waals surface area contributed by atoms with Gasteiger partial charge in [0.2, 0.25) is 23.6 Å². The molecule has 0 saturated heterocycles. The number of aliphatic hydroxyl groups is 2. The number of carbonyl (C=O) groups is 6. The number of hydrogen-bond donors (Lipinski definition) is 9. The van der Waals surface area contributed by atoms with Crippen molar-refractivity contribution in [3.05, 3.63) is 0 Å². The van der Waals surface area contributed by atoms with E-state index in [0.29, 0.717) is 0 Å². The van der Waals surface area contributed by atoms with E-state index in [1.165, 1.54) is 0 Å². The molecule has 0 radical (unpaired) electrons. The van der Waals surface area contributed by atoms with Crippen LogP contribution in [0.2, 0.25) is 0 Å². The molecule has 0 rings (SSSR count). The second kappa shape index (κ2) is 12.3. The number of hydrogen-bond acceptors (Lipinski definition) is 9. The highest BCUT2D eigenvalue weighted by molar-refractivity contribution is 5.95. The van der Waals surface area contributed by atoms with E-state index in [0.717, 1.165) is 6.92 Å². The maximum atomic E-state index is 12.2. The Morgan fingerprint density at radius 2 is 1.40 bits per heavy atom. The Kier molecular flexibility index (Phi) is 10.9. The van der Waals surface area contributed by atoms with Crippen LogP contribution in [0.15, 0.2) is 0 Å². The van der Waals surface area contributed by atoms with Crippen LogP contribution in [0.4, 0.5) is 0 Å². The Morgan fingerprint density at radius 1 is 0.867 bits per heavy atom. The molecule has 30 heavy (non-hydrogen) atoms. The van der Waals surface area contributed by atoms with Gasteiger partial charge < -0.3 is 47.8 Å². The summed E-state index contributed by atoms with van der Waals surface area (Å²) in [7, 11) is 0. The lowest BCUT2D eigenvalue weighted by atomic mass is 10.1. The molecule has 4 amide bonds. The normalized spacial score (nSPS) is 15.6. The zero-order valence-electron chi connectivity index (χ0n) is 15.9. The number of amides is 4. The molecule has 5 atom stereocenters. The van der Waals surface area contributed by atoms with Crippen LogP contribution in [0.5, 0.6) is 0 Å². The van der Waals surface area contributed by atoms with Gasteiger partial charge in [0.05, 0.1) is 31.6 Å². The molecule has 0 spiro atoms. The van der Waals surface area contributed by atoms with Gasteiger partial charge >= 0.3 is 11.9 Å². The first kappa shape index (κ1) is 26.7. The Balaban J connectivity index is 5.21. The molecular formula is C15H25N5O10. The van der Waals surface area contributed by atoms with Crippen molar-refractivity contribution in [3.8, 4) is 0 Å². The summed E-state index contributed by atoms with van der Waals surface area (Å²) in [6.07, 6.45) is -3.06. The first-order valence-electron chi connectivity index (χ1n) is 8.48. The Bertz CT molecular complexity index is 683. The van der Waals surface area contributed by atoms with Gasteiger partial charge in [-0.25, -0.2) is 4.79 Å². The number of carbonyl (C=O) groups excluding carboxylic acids is 4. The summed E-state index contributed by atoms with van der Waals surface area (Å²) in [4.78, 5) is 68.9. The minimum Gasteiger partial charge on any atom is -0.481 e. The molecule has 170 valence electrons. The van der Waals surface area contributed by atoms with E-state index in [-0.39, 0.29) is 0 Å². The maximum Gasteiger partial charge on any atom is 0.326 e. The summed E-state index contributed by atoms with van der Waals surface area (Å²) in [5, 5.41) is 42.6. The Morgan fingerprint density at radius 3 is 1.80 bits per heavy atom. The van der Waals surface area contributed by atoms with Crippen molar-refractivity contribution < 1.29 is 49.2 Å². The summed E-state index contributed by atoms with van der Waals surface area (Å²) < 4.78 is 0. The van der Waals surface area contributed by atoms with E-state index in [9.17, 15) is 39.0 Å². The molecule has 0 heterocycles. The van der Waals surface area contributed by atoms with E-state index < -0.39 is 85.3 Å². The molecule has 0 saturated carbocycles. The minimum atomic E-state index is -1.73. The number of carboxylic acid groups (broad SMARTS) is 2. The summed E-state index contributed by atoms with van der Waals surface area (Å²) in [5.41, 5.74) is 10.2. The van der Waals surface area contributed by atoms with Gasteiger partial charge in [-0.3, -0.25) is 24.0 Å². The second-order valence-corrected chi connectivity index (χ2v) is 6.24. The van der Waals surface area contributed by atoms with Gasteiger partial charge in [0.25, 0.3) is 0 Å². The molecule has 0 aromatic rings. The summed E-state index contributed by atoms with van der Waals surface area (Å²) >= 11 is 0. The van der Waals surface area contributed by atoms with E-state index >= 15 is 0 Å². The molecule has 0 aliphatic heterocycles. The standard InChI is InChI=1S/C15H25N5O10/c1-5(22)11(14(28)18-7(15(29)30)3-9(17)23)20-13(27)8(4-21)19-12(26)6(16)2-10(24)25/h5-8,11,21-22H,2-4,16H2,1H3,(H2,17,23)(H,18,28)(H,19,26)(H,20,27)(H,24,25)(H,29,30). The average molecular weight is 435 g/mol. The molecule has 5 unspecified atom stereocenters. The lowest BCUT2D eigenvalue weighted by molar-refractivity contribution is -0.144. The molecular weight excluding hydrogens is 410 g/mol. The van der Waals surface area contributed by atoms with E-state index in [1.54, 1.807) is 0 Å². The monoisotopic (exact) mass is 435 g/mol. The molecule has 11 N–H and O–H groups in total. The number of aliphatic carboxylic acids is 2. The SMILES string of the molecule is CC(O)C(NC(=O)C(CO)NC(=O)C(N)CC(=O)O)C(=O)NC(CC(N)=O)C(=O)O. The van der Waals surface area contributed by atoms with Gasteiger partial charge in [-0.05, 0) is 6.92 Å². The number of aliphatic hydroxyl groups excluding tert-OH is 2. The molecule has 0 aliphatic rings. The molecule has 0 bridgehead atoms. The number of carboxylic acids is 2. The van der Waals surface area contributed by atoms with E-state index in [2.05, 4.69) is 0 Å². The Hall–Kier alpha value is -3.30. The van der Waals surface area contributed by atoms with Gasteiger partial charge in [0.15, 0.2) is 0 Å². The van der Waals surface area contributed by atoms with Crippen molar-refractivity contribution >= 4 is 35.6 Å². The van der Waals surface area contributed by atoms with Crippen LogP contribution in [0.25, 0.3) is 0 Å². The number of nitrogens with one attached hydrogen (secondary N) is 3. The largest absolute Gasteiger partial charge is 0.481 e. The molecule has 0 fully saturated rings. The van der Waals surface area contributed by atoms with E-state index in [1.807, 2.05) is 16.0 Å². The van der Waals surface area contributed by atoms with Crippen molar-refractivity contribution in [1.82, 2.24) is 16.0 Å². The Labute approximate surface area is 169 Å². The highest BCUT2D eigenvalue weighted by Gasteiger charge is 2.33. The van der Waals surface area contributed by atoms with Crippen molar-refractivity contribution in [2.45, 2.75) is 50.0 Å². The van der Waals surface area contributed by atoms with Crippen LogP contribution < -0.4 is 27.4 Å². The third-order valence-electron chi connectivity index (χ3n) is 3.63. The summed E-state index contributed by atoms with van der Waals surface area (Å²) in [5.74, 6) is -7.41. The van der Waals surface area contributed by atoms with Crippen LogP contribution in [0, 0.1) is 0 Å². The first-order chi connectivity index (χ1) is 13.8. The third kappa shape index (κ3) is 9.26. The van der Waals surface area contributed by atoms with Crippen LogP contribution in [0.3, 0.4) is 0 Å². The van der Waals surface area contributed by atoms with Gasteiger partial charge in [-0.2, -0.15) is 0 Å². The van der Waals surface area contributed by atoms with E-state index in [4.69, 9.17) is 21.7 Å². The maximum absolute atomic E-state index is 12.2. The zero-order valence-corrected chi connectivity index (χ0v) is 15.9. The highest BCUT2D eigenvalue weighted by Crippen LogP contribution is 2.00. The minimum absolute atomic E-state index is 0.749. The van der Waals surface area contributed by atoms with Crippen molar-refractivity contribution in [2.75, 3.05) is 6.61 Å². The summed E-state index contributed by atoms with van der Waals surface area (Å²) in [6, 6.07) is -6.64. The van der Waals surface area contributed by atoms with Crippen LogP contribution >= 0.6 is 0 Å². The quantitative estimate of drug-likeness (QED) is 0.132. The average Bonchev–Trinajstić information content (AvgIpc) is 2.61. The highest BCUT2D eigenvalue weighted by atomic mass is 16.4. The molecule has 0 aromatic carbocycles. The summed E-state index contributed by atoms with van der Waals surface area (Å²) in [6.45, 7) is 0.120. The van der Waals surface area contributed by atoms with Gasteiger partial charge in [-0.15, -0.1) is 0 Å². The lowest BCUT2D eigenvalue weighted by Crippen LogP contribution is -2.60. The molecule has 15 heteroatoms. The van der Waals surface area contributed by atoms with Crippen molar-refractivity contribution in [3.63, 3.8) is 0 Å². The van der Waals surface area contributed by atoms with Crippen molar-refractivity contribution in [2.24, 2.45) is 11.5 Å².